The zero-order valence-electron chi connectivity index (χ0n) is 12.3. The molecule has 1 atom stereocenters. The van der Waals surface area contributed by atoms with Crippen LogP contribution < -0.4 is 4.72 Å². The van der Waals surface area contributed by atoms with Crippen molar-refractivity contribution in [3.63, 3.8) is 0 Å². The van der Waals surface area contributed by atoms with Crippen LogP contribution in [0.3, 0.4) is 0 Å². The molecular formula is C16H17Cl2NO2S. The minimum absolute atomic E-state index is 0.181. The highest BCUT2D eigenvalue weighted by atomic mass is 35.5. The molecule has 0 aliphatic heterocycles. The third-order valence-corrected chi connectivity index (χ3v) is 5.28. The lowest BCUT2D eigenvalue weighted by atomic mass is 10.1. The van der Waals surface area contributed by atoms with Crippen molar-refractivity contribution in [2.24, 2.45) is 0 Å². The fraction of sp³-hybridized carbons (Fsp3) is 0.250. The first-order valence-electron chi connectivity index (χ1n) is 6.77. The number of aryl methyl sites for hydroxylation is 1. The lowest BCUT2D eigenvalue weighted by Crippen LogP contribution is -2.28. The van der Waals surface area contributed by atoms with E-state index in [1.165, 1.54) is 6.07 Å². The van der Waals surface area contributed by atoms with Gasteiger partial charge in [0.2, 0.25) is 10.0 Å². The minimum atomic E-state index is -3.51. The molecule has 0 unspecified atom stereocenters. The molecule has 2 rings (SSSR count). The monoisotopic (exact) mass is 357 g/mol. The predicted molar refractivity (Wildman–Crippen MR) is 91.8 cm³/mol. The molecule has 0 spiro atoms. The van der Waals surface area contributed by atoms with Gasteiger partial charge in [0.25, 0.3) is 0 Å². The summed E-state index contributed by atoms with van der Waals surface area (Å²) in [5, 5.41) is 0.827. The summed E-state index contributed by atoms with van der Waals surface area (Å²) in [6, 6.07) is 12.2. The largest absolute Gasteiger partial charge is 0.216 e. The van der Waals surface area contributed by atoms with Crippen LogP contribution in [0.2, 0.25) is 10.0 Å². The van der Waals surface area contributed by atoms with Crippen LogP contribution in [0, 0.1) is 6.92 Å². The third kappa shape index (κ3) is 4.71. The Morgan fingerprint density at radius 1 is 1.09 bits per heavy atom. The van der Waals surface area contributed by atoms with Crippen LogP contribution in [0.1, 0.15) is 29.7 Å². The Labute approximate surface area is 141 Å². The Morgan fingerprint density at radius 3 is 2.32 bits per heavy atom. The Hall–Kier alpha value is -1.07. The van der Waals surface area contributed by atoms with E-state index in [-0.39, 0.29) is 11.8 Å². The van der Waals surface area contributed by atoms with Gasteiger partial charge in [-0.2, -0.15) is 0 Å². The van der Waals surface area contributed by atoms with Gasteiger partial charge in [-0.05, 0) is 37.1 Å². The molecule has 0 aliphatic rings. The number of hydrogen-bond donors (Lipinski definition) is 1. The molecule has 0 aromatic heterocycles. The van der Waals surface area contributed by atoms with Gasteiger partial charge in [0.05, 0.1) is 5.75 Å². The van der Waals surface area contributed by atoms with Crippen LogP contribution in [-0.4, -0.2) is 8.42 Å². The molecule has 1 N–H and O–H groups in total. The first-order valence-corrected chi connectivity index (χ1v) is 9.18. The van der Waals surface area contributed by atoms with Gasteiger partial charge < -0.3 is 0 Å². The third-order valence-electron chi connectivity index (χ3n) is 3.29. The SMILES string of the molecule is Cc1ccc([C@H](C)NS(=O)(=O)Cc2ccc(Cl)cc2Cl)cc1. The van der Waals surface area contributed by atoms with Crippen molar-refractivity contribution in [2.75, 3.05) is 0 Å². The average molecular weight is 358 g/mol. The maximum atomic E-state index is 12.3. The molecule has 0 heterocycles. The van der Waals surface area contributed by atoms with Gasteiger partial charge in [-0.25, -0.2) is 13.1 Å². The fourth-order valence-corrected chi connectivity index (χ4v) is 4.05. The van der Waals surface area contributed by atoms with Crippen LogP contribution >= 0.6 is 23.2 Å². The van der Waals surface area contributed by atoms with Gasteiger partial charge in [-0.3, -0.25) is 0 Å². The molecule has 22 heavy (non-hydrogen) atoms. The molecule has 0 saturated carbocycles. The highest BCUT2D eigenvalue weighted by Crippen LogP contribution is 2.23. The van der Waals surface area contributed by atoms with Crippen molar-refractivity contribution in [3.05, 3.63) is 69.2 Å². The van der Waals surface area contributed by atoms with Gasteiger partial charge in [-0.1, -0.05) is 59.1 Å². The van der Waals surface area contributed by atoms with Crippen molar-refractivity contribution >= 4 is 33.2 Å². The molecule has 0 amide bonds. The fourth-order valence-electron chi connectivity index (χ4n) is 2.08. The summed E-state index contributed by atoms with van der Waals surface area (Å²) in [5.74, 6) is -0.181. The van der Waals surface area contributed by atoms with Gasteiger partial charge >= 0.3 is 0 Å². The summed E-state index contributed by atoms with van der Waals surface area (Å²) in [6.07, 6.45) is 0. The lowest BCUT2D eigenvalue weighted by molar-refractivity contribution is 0.566. The standard InChI is InChI=1S/C16H17Cl2NO2S/c1-11-3-5-13(6-4-11)12(2)19-22(20,21)10-14-7-8-15(17)9-16(14)18/h3-9,12,19H,10H2,1-2H3/t12-/m0/s1. The van der Waals surface area contributed by atoms with Crippen LogP contribution in [-0.2, 0) is 15.8 Å². The number of benzene rings is 2. The molecule has 2 aromatic rings. The zero-order chi connectivity index (χ0) is 16.3. The maximum Gasteiger partial charge on any atom is 0.216 e. The van der Waals surface area contributed by atoms with Crippen molar-refractivity contribution in [1.29, 1.82) is 0 Å². The van der Waals surface area contributed by atoms with Crippen molar-refractivity contribution in [1.82, 2.24) is 4.72 Å². The Balaban J connectivity index is 2.12. The predicted octanol–water partition coefficient (Wildman–Crippen LogP) is 4.48. The molecule has 6 heteroatoms. The lowest BCUT2D eigenvalue weighted by Gasteiger charge is -2.15. The summed E-state index contributed by atoms with van der Waals surface area (Å²) < 4.78 is 27.2. The summed E-state index contributed by atoms with van der Waals surface area (Å²) in [5.41, 5.74) is 2.57. The van der Waals surface area contributed by atoms with E-state index in [0.717, 1.165) is 11.1 Å². The number of rotatable bonds is 5. The molecule has 0 saturated heterocycles. The summed E-state index contributed by atoms with van der Waals surface area (Å²) in [4.78, 5) is 0. The molecule has 2 aromatic carbocycles. The highest BCUT2D eigenvalue weighted by molar-refractivity contribution is 7.88. The average Bonchev–Trinajstić information content (AvgIpc) is 2.42. The zero-order valence-corrected chi connectivity index (χ0v) is 14.6. The first-order chi connectivity index (χ1) is 10.3. The van der Waals surface area contributed by atoms with E-state index in [1.807, 2.05) is 38.1 Å². The normalized spacial score (nSPS) is 13.1. The summed E-state index contributed by atoms with van der Waals surface area (Å²) in [7, 11) is -3.51. The van der Waals surface area contributed by atoms with E-state index in [0.29, 0.717) is 15.6 Å². The maximum absolute atomic E-state index is 12.3. The quantitative estimate of drug-likeness (QED) is 0.856. The number of hydrogen-bond acceptors (Lipinski definition) is 2. The van der Waals surface area contributed by atoms with E-state index < -0.39 is 10.0 Å². The second-order valence-electron chi connectivity index (χ2n) is 5.25. The van der Waals surface area contributed by atoms with Gasteiger partial charge in [0.1, 0.15) is 0 Å². The first kappa shape index (κ1) is 17.3. The van der Waals surface area contributed by atoms with Crippen molar-refractivity contribution in [3.8, 4) is 0 Å². The van der Waals surface area contributed by atoms with Crippen molar-refractivity contribution < 1.29 is 8.42 Å². The Kier molecular flexibility index (Phi) is 5.50. The Morgan fingerprint density at radius 2 is 1.73 bits per heavy atom. The van der Waals surface area contributed by atoms with E-state index in [1.54, 1.807) is 12.1 Å². The topological polar surface area (TPSA) is 46.2 Å². The molecule has 118 valence electrons. The highest BCUT2D eigenvalue weighted by Gasteiger charge is 2.18. The van der Waals surface area contributed by atoms with E-state index in [9.17, 15) is 8.42 Å². The summed E-state index contributed by atoms with van der Waals surface area (Å²) >= 11 is 11.8. The molecular weight excluding hydrogens is 341 g/mol. The van der Waals surface area contributed by atoms with E-state index in [2.05, 4.69) is 4.72 Å². The smallest absolute Gasteiger partial charge is 0.212 e. The number of halogens is 2. The molecule has 0 bridgehead atoms. The van der Waals surface area contributed by atoms with Crippen LogP contribution in [0.5, 0.6) is 0 Å². The Bertz CT molecular complexity index is 758. The number of sulfonamides is 1. The van der Waals surface area contributed by atoms with E-state index >= 15 is 0 Å². The van der Waals surface area contributed by atoms with E-state index in [4.69, 9.17) is 23.2 Å². The van der Waals surface area contributed by atoms with Crippen molar-refractivity contribution in [2.45, 2.75) is 25.6 Å². The van der Waals surface area contributed by atoms with Crippen LogP contribution in [0.25, 0.3) is 0 Å². The number of nitrogens with one attached hydrogen (secondary N) is 1. The van der Waals surface area contributed by atoms with Gasteiger partial charge in [0.15, 0.2) is 0 Å². The molecule has 0 fully saturated rings. The van der Waals surface area contributed by atoms with Crippen LogP contribution in [0.15, 0.2) is 42.5 Å². The molecule has 0 radical (unpaired) electrons. The molecule has 3 nitrogen and oxygen atoms in total. The second kappa shape index (κ2) is 7.01. The van der Waals surface area contributed by atoms with Crippen LogP contribution in [0.4, 0.5) is 0 Å². The second-order valence-corrected chi connectivity index (χ2v) is 7.84. The van der Waals surface area contributed by atoms with Gasteiger partial charge in [-0.15, -0.1) is 0 Å². The molecule has 0 aliphatic carbocycles. The summed E-state index contributed by atoms with van der Waals surface area (Å²) in [6.45, 7) is 3.80. The van der Waals surface area contributed by atoms with Gasteiger partial charge in [0, 0.05) is 16.1 Å². The minimum Gasteiger partial charge on any atom is -0.212 e.